The fourth-order valence-corrected chi connectivity index (χ4v) is 0. The Morgan fingerprint density at radius 2 is 1.75 bits per heavy atom. The van der Waals surface area contributed by atoms with E-state index in [0.717, 1.165) is 0 Å². The molecule has 2 nitrogen and oxygen atoms in total. The number of amides is 1. The Morgan fingerprint density at radius 3 is 1.75 bits per heavy atom. The molecule has 0 atom stereocenters. The molecule has 0 aliphatic rings. The van der Waals surface area contributed by atoms with Gasteiger partial charge < -0.3 is 18.1 Å². The fourth-order valence-electron chi connectivity index (χ4n) is 0. The largest absolute Gasteiger partial charge is 1.00 e. The molecule has 0 aromatic rings. The van der Waals surface area contributed by atoms with Crippen LogP contribution in [0, 0.1) is 0 Å². The van der Waals surface area contributed by atoms with E-state index >= 15 is 0 Å². The van der Waals surface area contributed by atoms with Crippen LogP contribution in [0.25, 0.3) is 0 Å². The van der Waals surface area contributed by atoms with E-state index in [0.29, 0.717) is 5.57 Å². The molecular weight excluding hydrogens is 136 g/mol. The van der Waals surface area contributed by atoms with Crippen LogP contribution < -0.4 is 47.7 Å². The van der Waals surface area contributed by atoms with Gasteiger partial charge in [-0.15, -0.1) is 0 Å². The van der Waals surface area contributed by atoms with Gasteiger partial charge in [-0.1, -0.05) is 6.58 Å². The van der Waals surface area contributed by atoms with E-state index < -0.39 is 5.91 Å². The van der Waals surface area contributed by atoms with Crippen molar-refractivity contribution < 1.29 is 46.8 Å². The Kier molecular flexibility index (Phi) is 14.8. The van der Waals surface area contributed by atoms with Gasteiger partial charge in [-0.3, -0.25) is 4.79 Å². The smallest absolute Gasteiger partial charge is 1.00 e. The Bertz CT molecular complexity index is 82.0. The van der Waals surface area contributed by atoms with E-state index in [1.54, 1.807) is 6.92 Å². The monoisotopic (exact) mass is 143 g/mol. The summed E-state index contributed by atoms with van der Waals surface area (Å²) in [6.07, 6.45) is 0. The summed E-state index contributed by atoms with van der Waals surface area (Å²) in [5.41, 5.74) is 5.09. The van der Waals surface area contributed by atoms with E-state index in [-0.39, 0.29) is 42.0 Å². The van der Waals surface area contributed by atoms with Crippen molar-refractivity contribution in [1.82, 2.24) is 0 Å². The molecule has 42 valence electrons. The molecule has 8 heavy (non-hydrogen) atoms. The second-order valence-corrected chi connectivity index (χ2v) is 1.14. The minimum Gasteiger partial charge on any atom is -1.00 e. The zero-order valence-electron chi connectivity index (χ0n) is 5.07. The molecule has 0 aromatic heterocycles. The second-order valence-electron chi connectivity index (χ2n) is 1.14. The molecule has 0 spiro atoms. The van der Waals surface area contributed by atoms with Gasteiger partial charge in [0.1, 0.15) is 0 Å². The number of carbonyl (C=O) groups is 1. The van der Waals surface area contributed by atoms with Crippen molar-refractivity contribution in [2.24, 2.45) is 5.73 Å². The number of hydrogen-bond acceptors (Lipinski definition) is 1. The van der Waals surface area contributed by atoms with E-state index in [2.05, 4.69) is 6.58 Å². The van der Waals surface area contributed by atoms with Crippen molar-refractivity contribution in [1.29, 1.82) is 0 Å². The van der Waals surface area contributed by atoms with Crippen LogP contribution in [0.15, 0.2) is 12.2 Å². The average Bonchev–Trinajstić information content (AvgIpc) is 1.36. The van der Waals surface area contributed by atoms with Crippen LogP contribution in [0.1, 0.15) is 6.92 Å². The number of halogens is 1. The number of carbonyl (C=O) groups excluding carboxylic acids is 1. The summed E-state index contributed by atoms with van der Waals surface area (Å²) in [6.45, 7) is 4.85. The summed E-state index contributed by atoms with van der Waals surface area (Å²) in [5, 5.41) is 0. The quantitative estimate of drug-likeness (QED) is 0.288. The number of nitrogens with two attached hydrogens (primary N) is 1. The normalized spacial score (nSPS) is 5.62. The van der Waals surface area contributed by atoms with Crippen LogP contribution in [0.4, 0.5) is 0 Å². The van der Waals surface area contributed by atoms with Gasteiger partial charge in [0.05, 0.1) is 0 Å². The van der Waals surface area contributed by atoms with Crippen LogP contribution in [-0.2, 0) is 4.79 Å². The first kappa shape index (κ1) is 15.8. The van der Waals surface area contributed by atoms with Gasteiger partial charge in [0.25, 0.3) is 0 Å². The molecule has 0 unspecified atom stereocenters. The molecule has 0 aromatic carbocycles. The number of rotatable bonds is 1. The number of hydrogen-bond donors (Lipinski definition) is 1. The van der Waals surface area contributed by atoms with E-state index in [1.807, 2.05) is 0 Å². The van der Waals surface area contributed by atoms with Crippen molar-refractivity contribution >= 4 is 5.91 Å². The molecule has 0 rings (SSSR count). The number of primary amides is 1. The third-order valence-electron chi connectivity index (χ3n) is 0.421. The Labute approximate surface area is 77.2 Å². The molecule has 0 saturated carbocycles. The maximum atomic E-state index is 9.82. The van der Waals surface area contributed by atoms with Gasteiger partial charge in [-0.2, -0.15) is 0 Å². The van der Waals surface area contributed by atoms with Gasteiger partial charge in [0, 0.05) is 5.57 Å². The molecule has 0 heterocycles. The van der Waals surface area contributed by atoms with Crippen LogP contribution in [-0.4, -0.2) is 5.91 Å². The SMILES string of the molecule is C=C(C)C(N)=O.[Cl-].[Na+]. The van der Waals surface area contributed by atoms with E-state index in [9.17, 15) is 4.79 Å². The third-order valence-corrected chi connectivity index (χ3v) is 0.421. The standard InChI is InChI=1S/C4H7NO.ClH.Na/c1-3(2)4(5)6;;/h1H2,2H3,(H2,5,6);1H;/q;;+1/p-1. The van der Waals surface area contributed by atoms with Gasteiger partial charge >= 0.3 is 29.6 Å². The minimum absolute atomic E-state index is 0. The summed E-state index contributed by atoms with van der Waals surface area (Å²) >= 11 is 0. The van der Waals surface area contributed by atoms with Crippen molar-refractivity contribution in [2.75, 3.05) is 0 Å². The topological polar surface area (TPSA) is 43.1 Å². The van der Waals surface area contributed by atoms with Gasteiger partial charge in [-0.25, -0.2) is 0 Å². The van der Waals surface area contributed by atoms with Crippen molar-refractivity contribution in [3.8, 4) is 0 Å². The Morgan fingerprint density at radius 1 is 1.62 bits per heavy atom. The molecule has 0 aliphatic carbocycles. The maximum Gasteiger partial charge on any atom is 1.00 e. The fraction of sp³-hybridized carbons (Fsp3) is 0.250. The first-order valence-electron chi connectivity index (χ1n) is 1.60. The van der Waals surface area contributed by atoms with Crippen LogP contribution in [0.5, 0.6) is 0 Å². The predicted octanol–water partition coefficient (Wildman–Crippen LogP) is -5.94. The van der Waals surface area contributed by atoms with Gasteiger partial charge in [0.15, 0.2) is 0 Å². The zero-order chi connectivity index (χ0) is 5.15. The molecule has 0 bridgehead atoms. The average molecular weight is 144 g/mol. The molecule has 0 saturated heterocycles. The third kappa shape index (κ3) is 9.71. The van der Waals surface area contributed by atoms with Crippen LogP contribution in [0.3, 0.4) is 0 Å². The summed E-state index contributed by atoms with van der Waals surface area (Å²) in [4.78, 5) is 9.82. The van der Waals surface area contributed by atoms with Gasteiger partial charge in [0.2, 0.25) is 5.91 Å². The first-order chi connectivity index (χ1) is 2.64. The van der Waals surface area contributed by atoms with Crippen molar-refractivity contribution in [3.05, 3.63) is 12.2 Å². The zero-order valence-corrected chi connectivity index (χ0v) is 7.83. The molecule has 0 radical (unpaired) electrons. The Balaban J connectivity index is -0.000000125. The van der Waals surface area contributed by atoms with E-state index in [1.165, 1.54) is 0 Å². The van der Waals surface area contributed by atoms with Crippen LogP contribution >= 0.6 is 0 Å². The van der Waals surface area contributed by atoms with E-state index in [4.69, 9.17) is 5.73 Å². The van der Waals surface area contributed by atoms with Gasteiger partial charge in [-0.05, 0) is 6.92 Å². The minimum atomic E-state index is -0.435. The molecule has 4 heteroatoms. The maximum absolute atomic E-state index is 9.82. The van der Waals surface area contributed by atoms with Crippen LogP contribution in [0.2, 0.25) is 0 Å². The predicted molar refractivity (Wildman–Crippen MR) is 24.0 cm³/mol. The van der Waals surface area contributed by atoms with Crippen molar-refractivity contribution in [3.63, 3.8) is 0 Å². The molecule has 1 amide bonds. The Hall–Kier alpha value is 0.500. The molecule has 0 fully saturated rings. The molecule has 2 N–H and O–H groups in total. The summed E-state index contributed by atoms with van der Waals surface area (Å²) in [7, 11) is 0. The second kappa shape index (κ2) is 7.50. The summed E-state index contributed by atoms with van der Waals surface area (Å²) < 4.78 is 0. The summed E-state index contributed by atoms with van der Waals surface area (Å²) in [5.74, 6) is -0.435. The first-order valence-corrected chi connectivity index (χ1v) is 1.60. The molecular formula is C4H7ClNNaO. The summed E-state index contributed by atoms with van der Waals surface area (Å²) in [6, 6.07) is 0. The van der Waals surface area contributed by atoms with Crippen molar-refractivity contribution in [2.45, 2.75) is 6.92 Å². The molecule has 0 aliphatic heterocycles.